The zero-order valence-electron chi connectivity index (χ0n) is 19.4. The summed E-state index contributed by atoms with van der Waals surface area (Å²) in [5.41, 5.74) is 2.53. The maximum atomic E-state index is 12.3. The molecule has 7 nitrogen and oxygen atoms in total. The fraction of sp³-hybridized carbons (Fsp3) is 0.269. The number of hydrogen-bond acceptors (Lipinski definition) is 5. The molecule has 1 amide bonds. The number of nitrogens with zero attached hydrogens (tertiary/aromatic N) is 3. The normalized spacial score (nSPS) is 19.2. The largest absolute Gasteiger partial charge is 1.00 e. The van der Waals surface area contributed by atoms with Gasteiger partial charge >= 0.3 is 6.09 Å². The lowest BCUT2D eigenvalue weighted by Crippen LogP contribution is -3.08. The number of aliphatic imine (C=N–C) groups is 2. The summed E-state index contributed by atoms with van der Waals surface area (Å²) in [4.78, 5) is 24.4. The van der Waals surface area contributed by atoms with Gasteiger partial charge in [-0.25, -0.2) is 9.69 Å². The van der Waals surface area contributed by atoms with Crippen molar-refractivity contribution in [2.45, 2.75) is 26.4 Å². The third kappa shape index (κ3) is 4.90. The highest BCUT2D eigenvalue weighted by molar-refractivity contribution is 5.98. The molecule has 0 aliphatic carbocycles. The summed E-state index contributed by atoms with van der Waals surface area (Å²) < 4.78 is 11.4. The molecule has 3 aliphatic heterocycles. The molecular formula is C26H27ClN4O3. The van der Waals surface area contributed by atoms with E-state index in [1.165, 1.54) is 0 Å². The van der Waals surface area contributed by atoms with Gasteiger partial charge in [0.05, 0.1) is 18.0 Å². The standard InChI is InChI=1S/C26H26N4O3.ClH/c1-26(2,3)33-25(31)29-16-19(17-29)23-22-15-27-13-14-30(22)24(28-23)18-9-11-21(12-10-18)32-20-7-5-4-6-8-20;/h4-15,19H,16-17H2,1-3H3;1H. The number of rotatable bonds is 4. The van der Waals surface area contributed by atoms with Gasteiger partial charge < -0.3 is 26.8 Å². The Morgan fingerprint density at radius 3 is 2.38 bits per heavy atom. The van der Waals surface area contributed by atoms with Gasteiger partial charge in [-0.1, -0.05) is 18.2 Å². The summed E-state index contributed by atoms with van der Waals surface area (Å²) in [5.74, 6) is 2.66. The van der Waals surface area contributed by atoms with Crippen LogP contribution in [0.15, 0.2) is 88.4 Å². The van der Waals surface area contributed by atoms with Crippen molar-refractivity contribution in [2.75, 3.05) is 13.1 Å². The molecule has 3 aliphatic rings. The van der Waals surface area contributed by atoms with Crippen LogP contribution in [0.4, 0.5) is 4.79 Å². The molecule has 3 heterocycles. The number of halogens is 1. The molecule has 1 N–H and O–H groups in total. The Labute approximate surface area is 205 Å². The van der Waals surface area contributed by atoms with E-state index in [4.69, 9.17) is 14.5 Å². The Kier molecular flexibility index (Phi) is 6.59. The molecule has 0 spiro atoms. The molecule has 1 unspecified atom stereocenters. The van der Waals surface area contributed by atoms with Crippen molar-refractivity contribution in [2.24, 2.45) is 15.9 Å². The summed E-state index contributed by atoms with van der Waals surface area (Å²) in [7, 11) is 0. The SMILES string of the molecule is CC(C)(C)OC(=O)N1CC(C2=C3C=NC=C[NH+]3C(c3ccc(Oc4ccccc4)cc3)=N2)C1.[Cl-]. The number of amides is 1. The highest BCUT2D eigenvalue weighted by Crippen LogP contribution is 2.30. The number of carbonyl (C=O) groups excluding carboxylic acids is 1. The van der Waals surface area contributed by atoms with Crippen molar-refractivity contribution in [3.63, 3.8) is 0 Å². The predicted octanol–water partition coefficient (Wildman–Crippen LogP) is 0.762. The minimum Gasteiger partial charge on any atom is -1.00 e. The van der Waals surface area contributed by atoms with Gasteiger partial charge in [0.25, 0.3) is 0 Å². The van der Waals surface area contributed by atoms with Crippen molar-refractivity contribution < 1.29 is 31.6 Å². The average Bonchev–Trinajstić information content (AvgIpc) is 3.12. The number of allylic oxidation sites excluding steroid dienone is 1. The van der Waals surface area contributed by atoms with Crippen LogP contribution < -0.4 is 22.0 Å². The van der Waals surface area contributed by atoms with Crippen molar-refractivity contribution in [3.8, 4) is 11.5 Å². The third-order valence-corrected chi connectivity index (χ3v) is 5.61. The van der Waals surface area contributed by atoms with Crippen LogP contribution in [0.2, 0.25) is 0 Å². The Morgan fingerprint density at radius 2 is 1.71 bits per heavy atom. The lowest BCUT2D eigenvalue weighted by Gasteiger charge is -2.39. The van der Waals surface area contributed by atoms with Crippen molar-refractivity contribution >= 4 is 18.1 Å². The Bertz CT molecular complexity index is 1170. The lowest BCUT2D eigenvalue weighted by molar-refractivity contribution is -0.689. The number of fused-ring (bicyclic) bond motifs is 1. The van der Waals surface area contributed by atoms with E-state index in [9.17, 15) is 4.79 Å². The number of carbonyl (C=O) groups is 1. The molecule has 176 valence electrons. The Morgan fingerprint density at radius 1 is 1.03 bits per heavy atom. The first-order valence-corrected chi connectivity index (χ1v) is 11.1. The second-order valence-electron chi connectivity index (χ2n) is 9.29. The maximum Gasteiger partial charge on any atom is 0.410 e. The molecule has 0 saturated carbocycles. The molecule has 0 bridgehead atoms. The van der Waals surface area contributed by atoms with Crippen LogP contribution in [0.5, 0.6) is 11.5 Å². The molecular weight excluding hydrogens is 452 g/mol. The Balaban J connectivity index is 0.00000274. The second-order valence-corrected chi connectivity index (χ2v) is 9.29. The van der Waals surface area contributed by atoms with Crippen LogP contribution in [-0.2, 0) is 4.74 Å². The molecule has 5 rings (SSSR count). The summed E-state index contributed by atoms with van der Waals surface area (Å²) in [6, 6.07) is 17.7. The second kappa shape index (κ2) is 9.44. The predicted molar refractivity (Wildman–Crippen MR) is 126 cm³/mol. The topological polar surface area (TPSA) is 67.9 Å². The van der Waals surface area contributed by atoms with Crippen LogP contribution in [-0.4, -0.2) is 41.7 Å². The highest BCUT2D eigenvalue weighted by Gasteiger charge is 2.43. The fourth-order valence-corrected chi connectivity index (χ4v) is 4.01. The molecule has 8 heteroatoms. The summed E-state index contributed by atoms with van der Waals surface area (Å²) in [6.45, 7) is 6.83. The summed E-state index contributed by atoms with van der Waals surface area (Å²) >= 11 is 0. The van der Waals surface area contributed by atoms with E-state index in [0.717, 1.165) is 39.2 Å². The van der Waals surface area contributed by atoms with Gasteiger partial charge in [0, 0.05) is 19.0 Å². The van der Waals surface area contributed by atoms with Gasteiger partial charge in [-0.05, 0) is 57.2 Å². The van der Waals surface area contributed by atoms with Crippen molar-refractivity contribution in [1.29, 1.82) is 0 Å². The van der Waals surface area contributed by atoms with Crippen LogP contribution in [0.1, 0.15) is 26.3 Å². The molecule has 34 heavy (non-hydrogen) atoms. The first kappa shape index (κ1) is 23.7. The average molecular weight is 479 g/mol. The number of quaternary nitrogens is 1. The van der Waals surface area contributed by atoms with Crippen molar-refractivity contribution in [1.82, 2.24) is 4.90 Å². The molecule has 0 aromatic heterocycles. The zero-order valence-corrected chi connectivity index (χ0v) is 20.1. The number of nitrogens with one attached hydrogen (secondary N) is 1. The van der Waals surface area contributed by atoms with Crippen LogP contribution in [0.25, 0.3) is 0 Å². The monoisotopic (exact) mass is 478 g/mol. The van der Waals surface area contributed by atoms with Gasteiger partial charge in [-0.2, -0.15) is 4.99 Å². The van der Waals surface area contributed by atoms with Crippen molar-refractivity contribution in [3.05, 3.63) is 84.0 Å². The minimum absolute atomic E-state index is 0. The highest BCUT2D eigenvalue weighted by atomic mass is 35.5. The van der Waals surface area contributed by atoms with E-state index >= 15 is 0 Å². The van der Waals surface area contributed by atoms with Gasteiger partial charge in [-0.15, -0.1) is 0 Å². The molecule has 2 aromatic carbocycles. The smallest absolute Gasteiger partial charge is 0.410 e. The number of para-hydroxylation sites is 1. The Hall–Kier alpha value is -3.42. The van der Waals surface area contributed by atoms with Crippen LogP contribution >= 0.6 is 0 Å². The number of ether oxygens (including phenoxy) is 2. The molecule has 1 atom stereocenters. The first-order valence-electron chi connectivity index (χ1n) is 11.1. The quantitative estimate of drug-likeness (QED) is 0.705. The molecule has 1 saturated heterocycles. The summed E-state index contributed by atoms with van der Waals surface area (Å²) in [5, 5.41) is 0. The van der Waals surface area contributed by atoms with E-state index in [1.807, 2.05) is 87.8 Å². The third-order valence-electron chi connectivity index (χ3n) is 5.61. The van der Waals surface area contributed by atoms with E-state index in [0.29, 0.717) is 13.1 Å². The number of amidine groups is 1. The molecule has 0 radical (unpaired) electrons. The van der Waals surface area contributed by atoms with Gasteiger partial charge in [-0.3, -0.25) is 4.99 Å². The molecule has 2 aromatic rings. The number of likely N-dealkylation sites (tertiary alicyclic amines) is 1. The van der Waals surface area contributed by atoms with Gasteiger partial charge in [0.2, 0.25) is 5.84 Å². The van der Waals surface area contributed by atoms with E-state index in [-0.39, 0.29) is 24.4 Å². The first-order chi connectivity index (χ1) is 15.9. The fourth-order valence-electron chi connectivity index (χ4n) is 4.01. The summed E-state index contributed by atoms with van der Waals surface area (Å²) in [6.07, 6.45) is 5.38. The van der Waals surface area contributed by atoms with E-state index in [1.54, 1.807) is 11.1 Å². The van der Waals surface area contributed by atoms with Gasteiger partial charge in [0.1, 0.15) is 29.0 Å². The number of hydrogen-bond donors (Lipinski definition) is 1. The van der Waals surface area contributed by atoms with E-state index in [2.05, 4.69) is 4.99 Å². The van der Waals surface area contributed by atoms with Crippen LogP contribution in [0, 0.1) is 5.92 Å². The van der Waals surface area contributed by atoms with E-state index < -0.39 is 5.60 Å². The van der Waals surface area contributed by atoms with Gasteiger partial charge in [0.15, 0.2) is 5.70 Å². The number of benzene rings is 2. The minimum atomic E-state index is -0.499. The zero-order chi connectivity index (χ0) is 23.0. The lowest BCUT2D eigenvalue weighted by atomic mass is 9.95. The maximum absolute atomic E-state index is 12.3. The molecule has 1 fully saturated rings. The van der Waals surface area contributed by atoms with Crippen LogP contribution in [0.3, 0.4) is 0 Å².